The molecule has 43 heavy (non-hydrogen) atoms. The van der Waals surface area contributed by atoms with E-state index < -0.39 is 27.8 Å². The lowest BCUT2D eigenvalue weighted by atomic mass is 10.0. The highest BCUT2D eigenvalue weighted by Crippen LogP contribution is 2.34. The van der Waals surface area contributed by atoms with Crippen molar-refractivity contribution in [2.24, 2.45) is 0 Å². The van der Waals surface area contributed by atoms with Crippen molar-refractivity contribution in [3.05, 3.63) is 57.6 Å². The Balaban J connectivity index is 1.66. The Morgan fingerprint density at radius 2 is 1.09 bits per heavy atom. The minimum Gasteiger partial charge on any atom is -0.507 e. The number of hydrogen-bond acceptors (Lipinski definition) is 9. The Morgan fingerprint density at radius 3 is 1.56 bits per heavy atom. The molecule has 15 heteroatoms. The highest BCUT2D eigenvalue weighted by atomic mass is 31.2. The Hall–Kier alpha value is -1.86. The van der Waals surface area contributed by atoms with Gasteiger partial charge in [0, 0.05) is 61.5 Å². The fourth-order valence-electron chi connectivity index (χ4n) is 5.38. The molecule has 3 rings (SSSR count). The van der Waals surface area contributed by atoms with Gasteiger partial charge in [-0.05, 0) is 52.9 Å². The zero-order valence-corrected chi connectivity index (χ0v) is 26.8. The van der Waals surface area contributed by atoms with E-state index in [0.29, 0.717) is 24.2 Å². The largest absolute Gasteiger partial charge is 0.507 e. The van der Waals surface area contributed by atoms with E-state index in [4.69, 9.17) is 19.6 Å². The topological polar surface area (TPSA) is 198 Å². The van der Waals surface area contributed by atoms with Gasteiger partial charge in [-0.2, -0.15) is 0 Å². The highest BCUT2D eigenvalue weighted by Gasteiger charge is 2.18. The Kier molecular flexibility index (Phi) is 13.6. The average Bonchev–Trinajstić information content (AvgIpc) is 2.93. The summed E-state index contributed by atoms with van der Waals surface area (Å²) >= 11 is 0. The van der Waals surface area contributed by atoms with Crippen LogP contribution in [0.4, 0.5) is 0 Å². The molecule has 13 nitrogen and oxygen atoms in total. The van der Waals surface area contributed by atoms with Crippen molar-refractivity contribution in [1.29, 1.82) is 0 Å². The first-order chi connectivity index (χ1) is 20.2. The number of hydrogen-bond donors (Lipinski definition) is 9. The number of rotatable bonds is 12. The molecule has 0 unspecified atom stereocenters. The molecular formula is C28H47N5O8P2. The van der Waals surface area contributed by atoms with Gasteiger partial charge in [0.05, 0.1) is 12.6 Å². The lowest BCUT2D eigenvalue weighted by Crippen LogP contribution is -2.33. The van der Waals surface area contributed by atoms with Crippen LogP contribution in [0.15, 0.2) is 24.3 Å². The smallest absolute Gasteiger partial charge is 0.339 e. The molecule has 0 aliphatic carbocycles. The van der Waals surface area contributed by atoms with E-state index in [2.05, 4.69) is 25.8 Å². The highest BCUT2D eigenvalue weighted by molar-refractivity contribution is 7.51. The lowest BCUT2D eigenvalue weighted by Gasteiger charge is -2.26. The van der Waals surface area contributed by atoms with Crippen LogP contribution in [0.1, 0.15) is 46.2 Å². The van der Waals surface area contributed by atoms with E-state index in [1.165, 1.54) is 0 Å². The zero-order chi connectivity index (χ0) is 31.6. The van der Waals surface area contributed by atoms with Gasteiger partial charge in [-0.3, -0.25) is 18.9 Å². The SMILES string of the molecule is Cc1cc(CNCP(=O)(O)O)c(O)c(CN2CCCNCCN(Cc3cc(C)cc(CNCP(=O)(O)O)c3O)CCC2)c1. The van der Waals surface area contributed by atoms with E-state index in [1.807, 2.05) is 38.1 Å². The fourth-order valence-corrected chi connectivity index (χ4v) is 6.19. The van der Waals surface area contributed by atoms with Crippen molar-refractivity contribution in [3.63, 3.8) is 0 Å². The molecule has 9 N–H and O–H groups in total. The Labute approximate surface area is 253 Å². The molecule has 242 valence electrons. The van der Waals surface area contributed by atoms with Crippen molar-refractivity contribution in [2.75, 3.05) is 51.8 Å². The van der Waals surface area contributed by atoms with Gasteiger partial charge >= 0.3 is 15.2 Å². The van der Waals surface area contributed by atoms with Gasteiger partial charge < -0.3 is 45.7 Å². The van der Waals surface area contributed by atoms with Gasteiger partial charge in [-0.25, -0.2) is 0 Å². The molecule has 1 saturated heterocycles. The molecule has 0 aromatic heterocycles. The van der Waals surface area contributed by atoms with E-state index in [0.717, 1.165) is 74.4 Å². The minimum atomic E-state index is -4.19. The Bertz CT molecular complexity index is 1200. The maximum absolute atomic E-state index is 11.2. The summed E-state index contributed by atoms with van der Waals surface area (Å²) in [4.78, 5) is 41.1. The second-order valence-corrected chi connectivity index (χ2v) is 14.7. The van der Waals surface area contributed by atoms with Gasteiger partial charge in [0.1, 0.15) is 11.5 Å². The molecule has 1 aliphatic heterocycles. The molecule has 1 aliphatic rings. The number of nitrogens with one attached hydrogen (secondary N) is 3. The van der Waals surface area contributed by atoms with Gasteiger partial charge in [-0.1, -0.05) is 35.4 Å². The summed E-state index contributed by atoms with van der Waals surface area (Å²) in [5.74, 6) is 0.271. The number of benzene rings is 2. The van der Waals surface area contributed by atoms with Gasteiger partial charge in [0.25, 0.3) is 0 Å². The normalized spacial score (nSPS) is 16.7. The van der Waals surface area contributed by atoms with Crippen molar-refractivity contribution in [2.45, 2.75) is 52.9 Å². The molecular weight excluding hydrogens is 596 g/mol. The summed E-state index contributed by atoms with van der Waals surface area (Å²) in [6.07, 6.45) is 0.888. The van der Waals surface area contributed by atoms with Gasteiger partial charge in [0.2, 0.25) is 0 Å². The van der Waals surface area contributed by atoms with Crippen molar-refractivity contribution < 1.29 is 38.9 Å². The molecule has 0 bridgehead atoms. The fraction of sp³-hybridized carbons (Fsp3) is 0.571. The van der Waals surface area contributed by atoms with Crippen molar-refractivity contribution in [3.8, 4) is 11.5 Å². The average molecular weight is 644 g/mol. The van der Waals surface area contributed by atoms with Crippen molar-refractivity contribution >= 4 is 15.2 Å². The number of phenolic OH excluding ortho intramolecular Hbond substituents is 2. The summed E-state index contributed by atoms with van der Waals surface area (Å²) in [5, 5.41) is 30.9. The van der Waals surface area contributed by atoms with Crippen LogP contribution in [0.2, 0.25) is 0 Å². The maximum atomic E-state index is 11.2. The first-order valence-corrected chi connectivity index (χ1v) is 18.1. The molecule has 2 aromatic rings. The molecule has 1 heterocycles. The summed E-state index contributed by atoms with van der Waals surface area (Å²) in [7, 11) is -8.38. The number of aryl methyl sites for hydroxylation is 2. The summed E-state index contributed by atoms with van der Waals surface area (Å²) in [6.45, 7) is 10.1. The third-order valence-electron chi connectivity index (χ3n) is 7.26. The molecule has 0 saturated carbocycles. The van der Waals surface area contributed by atoms with E-state index in [1.54, 1.807) is 0 Å². The quantitative estimate of drug-likeness (QED) is 0.152. The van der Waals surface area contributed by atoms with Crippen LogP contribution >= 0.6 is 15.2 Å². The maximum Gasteiger partial charge on any atom is 0.339 e. The van der Waals surface area contributed by atoms with E-state index in [-0.39, 0.29) is 24.6 Å². The van der Waals surface area contributed by atoms with Crippen LogP contribution in [0.3, 0.4) is 0 Å². The predicted molar refractivity (Wildman–Crippen MR) is 166 cm³/mol. The van der Waals surface area contributed by atoms with Gasteiger partial charge in [0.15, 0.2) is 0 Å². The number of aromatic hydroxyl groups is 2. The lowest BCUT2D eigenvalue weighted by molar-refractivity contribution is 0.221. The molecule has 0 radical (unpaired) electrons. The van der Waals surface area contributed by atoms with Crippen LogP contribution in [0.25, 0.3) is 0 Å². The number of phenols is 2. The second-order valence-electron chi connectivity index (χ2n) is 11.4. The first-order valence-electron chi connectivity index (χ1n) is 14.5. The molecule has 0 amide bonds. The summed E-state index contributed by atoms with van der Waals surface area (Å²) < 4.78 is 22.4. The standard InChI is InChI=1S/C28H47N5O8P2/c1-21-11-23(15-30-19-42(36,37)38)27(34)25(13-21)17-32-7-3-5-29-6-10-33(9-4-8-32)18-26-14-22(2)12-24(28(26)35)16-31-20-43(39,40)41/h11-14,29-31,34-35H,3-10,15-20H2,1-2H3,(H2,36,37,38)(H2,39,40,41). The zero-order valence-electron chi connectivity index (χ0n) is 25.0. The molecule has 0 atom stereocenters. The van der Waals surface area contributed by atoms with E-state index >= 15 is 0 Å². The Morgan fingerprint density at radius 1 is 0.674 bits per heavy atom. The molecule has 1 fully saturated rings. The third-order valence-corrected chi connectivity index (χ3v) is 8.53. The van der Waals surface area contributed by atoms with Crippen LogP contribution in [0.5, 0.6) is 11.5 Å². The predicted octanol–water partition coefficient (Wildman–Crippen LogP) is 1.85. The van der Waals surface area contributed by atoms with Crippen LogP contribution < -0.4 is 16.0 Å². The van der Waals surface area contributed by atoms with Gasteiger partial charge in [-0.15, -0.1) is 0 Å². The van der Waals surface area contributed by atoms with Crippen LogP contribution in [-0.4, -0.2) is 91.4 Å². The van der Waals surface area contributed by atoms with E-state index in [9.17, 15) is 19.3 Å². The second kappa shape index (κ2) is 16.5. The molecule has 0 spiro atoms. The summed E-state index contributed by atoms with van der Waals surface area (Å²) in [5.41, 5.74) is 4.66. The van der Waals surface area contributed by atoms with Crippen LogP contribution in [0, 0.1) is 13.8 Å². The van der Waals surface area contributed by atoms with Crippen LogP contribution in [-0.2, 0) is 35.3 Å². The van der Waals surface area contributed by atoms with Crippen molar-refractivity contribution in [1.82, 2.24) is 25.8 Å². The monoisotopic (exact) mass is 643 g/mol. The summed E-state index contributed by atoms with van der Waals surface area (Å²) in [6, 6.07) is 7.53. The molecule has 2 aromatic carbocycles. The number of nitrogens with zero attached hydrogens (tertiary/aromatic N) is 2. The minimum absolute atomic E-state index is 0.133. The third kappa shape index (κ3) is 13.0. The first kappa shape index (κ1) is 35.6.